The zero-order valence-electron chi connectivity index (χ0n) is 16.7. The van der Waals surface area contributed by atoms with Crippen molar-refractivity contribution in [3.05, 3.63) is 107 Å². The van der Waals surface area contributed by atoms with Crippen LogP contribution in [0.4, 0.5) is 0 Å². The number of fused-ring (bicyclic) bond motifs is 1. The molecule has 7 heteroatoms. The Morgan fingerprint density at radius 2 is 1.59 bits per heavy atom. The number of halogens is 1. The second-order valence-corrected chi connectivity index (χ2v) is 7.26. The van der Waals surface area contributed by atoms with Crippen molar-refractivity contribution in [1.82, 2.24) is 5.43 Å². The zero-order chi connectivity index (χ0) is 22.5. The van der Waals surface area contributed by atoms with Crippen LogP contribution >= 0.6 is 11.6 Å². The van der Waals surface area contributed by atoms with Gasteiger partial charge in [0.05, 0.1) is 22.4 Å². The first-order valence-corrected chi connectivity index (χ1v) is 10.0. The maximum Gasteiger partial charge on any atom is 0.345 e. The van der Waals surface area contributed by atoms with Crippen molar-refractivity contribution >= 4 is 40.5 Å². The van der Waals surface area contributed by atoms with Crippen LogP contribution in [0.5, 0.6) is 11.5 Å². The average molecular weight is 445 g/mol. The number of rotatable bonds is 5. The third kappa shape index (κ3) is 4.77. The number of hydrazone groups is 1. The van der Waals surface area contributed by atoms with Gasteiger partial charge in [0.1, 0.15) is 11.5 Å². The number of nitrogens with one attached hydrogen (secondary N) is 1. The van der Waals surface area contributed by atoms with Crippen molar-refractivity contribution in [2.75, 3.05) is 0 Å². The normalized spacial score (nSPS) is 10.9. The van der Waals surface area contributed by atoms with Gasteiger partial charge in [-0.2, -0.15) is 5.10 Å². The van der Waals surface area contributed by atoms with Crippen molar-refractivity contribution in [3.8, 4) is 11.5 Å². The van der Waals surface area contributed by atoms with Gasteiger partial charge in [0.25, 0.3) is 5.91 Å². The summed E-state index contributed by atoms with van der Waals surface area (Å²) >= 11 is 6.03. The van der Waals surface area contributed by atoms with Crippen LogP contribution in [-0.2, 0) is 0 Å². The Bertz CT molecular complexity index is 1350. The van der Waals surface area contributed by atoms with Gasteiger partial charge in [-0.1, -0.05) is 60.1 Å². The monoisotopic (exact) mass is 444 g/mol. The van der Waals surface area contributed by atoms with Crippen molar-refractivity contribution in [3.63, 3.8) is 0 Å². The van der Waals surface area contributed by atoms with Crippen LogP contribution in [0, 0.1) is 0 Å². The third-order valence-corrected chi connectivity index (χ3v) is 4.98. The largest absolute Gasteiger partial charge is 0.507 e. The lowest BCUT2D eigenvalue weighted by atomic mass is 10.1. The Hall–Kier alpha value is -4.16. The maximum atomic E-state index is 12.4. The lowest BCUT2D eigenvalue weighted by molar-refractivity contribution is 0.0734. The summed E-state index contributed by atoms with van der Waals surface area (Å²) in [6.07, 6.45) is 1.41. The molecule has 2 N–H and O–H groups in total. The summed E-state index contributed by atoms with van der Waals surface area (Å²) in [4.78, 5) is 24.7. The number of ether oxygens (including phenoxy) is 1. The number of amides is 1. The molecule has 0 radical (unpaired) electrons. The minimum atomic E-state index is -0.579. The minimum absolute atomic E-state index is 0.114. The van der Waals surface area contributed by atoms with Gasteiger partial charge in [-0.3, -0.25) is 4.79 Å². The molecule has 0 fully saturated rings. The van der Waals surface area contributed by atoms with Crippen LogP contribution in [0.25, 0.3) is 10.8 Å². The van der Waals surface area contributed by atoms with E-state index in [0.717, 1.165) is 10.8 Å². The smallest absolute Gasteiger partial charge is 0.345 e. The van der Waals surface area contributed by atoms with Crippen LogP contribution in [0.15, 0.2) is 90.0 Å². The summed E-state index contributed by atoms with van der Waals surface area (Å²) in [5.41, 5.74) is 3.36. The van der Waals surface area contributed by atoms with E-state index in [9.17, 15) is 14.7 Å². The highest BCUT2D eigenvalue weighted by atomic mass is 35.5. The van der Waals surface area contributed by atoms with Gasteiger partial charge in [0.15, 0.2) is 0 Å². The molecule has 0 aliphatic carbocycles. The fourth-order valence-electron chi connectivity index (χ4n) is 3.08. The van der Waals surface area contributed by atoms with E-state index in [1.807, 2.05) is 24.3 Å². The first-order valence-electron chi connectivity index (χ1n) is 9.63. The van der Waals surface area contributed by atoms with Gasteiger partial charge in [-0.25, -0.2) is 10.2 Å². The molecule has 0 unspecified atom stereocenters. The van der Waals surface area contributed by atoms with Crippen molar-refractivity contribution in [2.24, 2.45) is 5.10 Å². The SMILES string of the molecule is O=C(NN=Cc1cccc(OC(=O)c2ccccc2Cl)c1)c1cc2ccccc2cc1O. The fourth-order valence-corrected chi connectivity index (χ4v) is 3.30. The molecule has 0 aliphatic heterocycles. The summed E-state index contributed by atoms with van der Waals surface area (Å²) < 4.78 is 5.37. The Balaban J connectivity index is 1.44. The van der Waals surface area contributed by atoms with Gasteiger partial charge in [-0.15, -0.1) is 0 Å². The fraction of sp³-hybridized carbons (Fsp3) is 0. The number of hydrogen-bond acceptors (Lipinski definition) is 5. The molecule has 4 rings (SSSR count). The molecule has 0 heterocycles. The summed E-state index contributed by atoms with van der Waals surface area (Å²) in [7, 11) is 0. The maximum absolute atomic E-state index is 12.4. The van der Waals surface area contributed by atoms with E-state index in [0.29, 0.717) is 16.3 Å². The number of esters is 1. The molecule has 32 heavy (non-hydrogen) atoms. The Kier molecular flexibility index (Phi) is 6.14. The van der Waals surface area contributed by atoms with Gasteiger partial charge in [0.2, 0.25) is 0 Å². The van der Waals surface area contributed by atoms with Gasteiger partial charge < -0.3 is 9.84 Å². The summed E-state index contributed by atoms with van der Waals surface area (Å²) in [5.74, 6) is -0.960. The molecule has 0 atom stereocenters. The summed E-state index contributed by atoms with van der Waals surface area (Å²) in [6.45, 7) is 0. The van der Waals surface area contributed by atoms with E-state index >= 15 is 0 Å². The Labute approximate surface area is 188 Å². The molecule has 158 valence electrons. The highest BCUT2D eigenvalue weighted by Crippen LogP contribution is 2.25. The molecule has 4 aromatic carbocycles. The molecule has 0 spiro atoms. The number of carbonyl (C=O) groups is 2. The molecule has 0 saturated heterocycles. The highest BCUT2D eigenvalue weighted by molar-refractivity contribution is 6.33. The third-order valence-electron chi connectivity index (χ3n) is 4.65. The molecule has 0 aromatic heterocycles. The second kappa shape index (κ2) is 9.32. The minimum Gasteiger partial charge on any atom is -0.507 e. The van der Waals surface area contributed by atoms with Crippen LogP contribution in [-0.4, -0.2) is 23.2 Å². The lowest BCUT2D eigenvalue weighted by Crippen LogP contribution is -2.17. The standard InChI is InChI=1S/C25H17ClN2O4/c26-22-11-4-3-10-20(22)25(31)32-19-9-5-6-16(12-19)15-27-28-24(30)21-13-17-7-1-2-8-18(17)14-23(21)29/h1-15,29H,(H,28,30). The summed E-state index contributed by atoms with van der Waals surface area (Å²) in [5, 5.41) is 16.0. The van der Waals surface area contributed by atoms with Crippen LogP contribution < -0.4 is 10.2 Å². The van der Waals surface area contributed by atoms with Crippen molar-refractivity contribution in [1.29, 1.82) is 0 Å². The number of benzene rings is 4. The van der Waals surface area contributed by atoms with E-state index in [4.69, 9.17) is 16.3 Å². The quantitative estimate of drug-likeness (QED) is 0.192. The zero-order valence-corrected chi connectivity index (χ0v) is 17.4. The Morgan fingerprint density at radius 1 is 0.875 bits per heavy atom. The predicted octanol–water partition coefficient (Wildman–Crippen LogP) is 5.18. The number of phenols is 1. The topological polar surface area (TPSA) is 88.0 Å². The first kappa shape index (κ1) is 21.1. The van der Waals surface area contributed by atoms with Crippen molar-refractivity contribution in [2.45, 2.75) is 0 Å². The average Bonchev–Trinajstić information content (AvgIpc) is 2.79. The second-order valence-electron chi connectivity index (χ2n) is 6.86. The molecular formula is C25H17ClN2O4. The highest BCUT2D eigenvalue weighted by Gasteiger charge is 2.13. The molecular weight excluding hydrogens is 428 g/mol. The van der Waals surface area contributed by atoms with Gasteiger partial charge in [-0.05, 0) is 52.7 Å². The van der Waals surface area contributed by atoms with Gasteiger partial charge >= 0.3 is 5.97 Å². The number of carbonyl (C=O) groups excluding carboxylic acids is 2. The van der Waals surface area contributed by atoms with Crippen LogP contribution in [0.2, 0.25) is 5.02 Å². The molecule has 6 nitrogen and oxygen atoms in total. The lowest BCUT2D eigenvalue weighted by Gasteiger charge is -2.07. The number of phenolic OH excluding ortho intramolecular Hbond substituents is 1. The molecule has 1 amide bonds. The predicted molar refractivity (Wildman–Crippen MR) is 124 cm³/mol. The van der Waals surface area contributed by atoms with Crippen molar-refractivity contribution < 1.29 is 19.4 Å². The number of aromatic hydroxyl groups is 1. The molecule has 0 bridgehead atoms. The Morgan fingerprint density at radius 3 is 2.38 bits per heavy atom. The first-order chi connectivity index (χ1) is 15.5. The van der Waals surface area contributed by atoms with E-state index in [1.165, 1.54) is 12.3 Å². The number of hydrogen-bond donors (Lipinski definition) is 2. The van der Waals surface area contributed by atoms with E-state index in [1.54, 1.807) is 54.6 Å². The molecule has 0 aliphatic rings. The van der Waals surface area contributed by atoms with Crippen LogP contribution in [0.1, 0.15) is 26.3 Å². The van der Waals surface area contributed by atoms with E-state index < -0.39 is 11.9 Å². The molecule has 0 saturated carbocycles. The van der Waals surface area contributed by atoms with Gasteiger partial charge in [0, 0.05) is 0 Å². The number of nitrogens with zero attached hydrogens (tertiary/aromatic N) is 1. The summed E-state index contributed by atoms with van der Waals surface area (Å²) in [6, 6.07) is 23.8. The molecule has 4 aromatic rings. The van der Waals surface area contributed by atoms with Crippen LogP contribution in [0.3, 0.4) is 0 Å². The van der Waals surface area contributed by atoms with E-state index in [-0.39, 0.29) is 16.9 Å². The van der Waals surface area contributed by atoms with E-state index in [2.05, 4.69) is 10.5 Å².